The van der Waals surface area contributed by atoms with Crippen LogP contribution in [-0.4, -0.2) is 76.0 Å². The molecular formula is C22H34N4O4S. The van der Waals surface area contributed by atoms with Gasteiger partial charge in [-0.05, 0) is 44.4 Å². The summed E-state index contributed by atoms with van der Waals surface area (Å²) in [5.74, 6) is 0.154. The highest BCUT2D eigenvalue weighted by Gasteiger charge is 2.26. The Kier molecular flexibility index (Phi) is 7.15. The summed E-state index contributed by atoms with van der Waals surface area (Å²) in [7, 11) is -3.63. The molecule has 2 aliphatic heterocycles. The van der Waals surface area contributed by atoms with Gasteiger partial charge in [-0.1, -0.05) is 19.3 Å². The zero-order valence-corrected chi connectivity index (χ0v) is 19.2. The molecule has 1 saturated heterocycles. The molecule has 9 heteroatoms. The number of piperazine rings is 1. The van der Waals surface area contributed by atoms with E-state index in [1.807, 2.05) is 0 Å². The molecule has 1 saturated carbocycles. The van der Waals surface area contributed by atoms with Gasteiger partial charge in [0.15, 0.2) is 6.61 Å². The van der Waals surface area contributed by atoms with Crippen molar-refractivity contribution in [2.45, 2.75) is 56.4 Å². The van der Waals surface area contributed by atoms with Crippen molar-refractivity contribution in [3.05, 3.63) is 17.7 Å². The Balaban J connectivity index is 1.23. The van der Waals surface area contributed by atoms with Crippen molar-refractivity contribution in [1.82, 2.24) is 14.5 Å². The quantitative estimate of drug-likeness (QED) is 0.617. The molecule has 1 aromatic carbocycles. The van der Waals surface area contributed by atoms with Crippen LogP contribution in [0.2, 0.25) is 0 Å². The summed E-state index contributed by atoms with van der Waals surface area (Å²) in [6.45, 7) is 7.31. The Hall–Kier alpha value is -1.68. The van der Waals surface area contributed by atoms with Crippen molar-refractivity contribution in [2.75, 3.05) is 51.2 Å². The minimum atomic E-state index is -3.63. The lowest BCUT2D eigenvalue weighted by Crippen LogP contribution is -2.51. The van der Waals surface area contributed by atoms with Crippen molar-refractivity contribution in [3.8, 4) is 5.75 Å². The molecule has 31 heavy (non-hydrogen) atoms. The molecule has 0 aromatic heterocycles. The van der Waals surface area contributed by atoms with E-state index in [0.29, 0.717) is 23.5 Å². The molecule has 2 fully saturated rings. The number of anilines is 1. The van der Waals surface area contributed by atoms with Gasteiger partial charge in [-0.15, -0.1) is 0 Å². The molecule has 0 bridgehead atoms. The van der Waals surface area contributed by atoms with Gasteiger partial charge in [-0.25, -0.2) is 13.1 Å². The van der Waals surface area contributed by atoms with E-state index in [0.717, 1.165) is 45.2 Å². The van der Waals surface area contributed by atoms with Crippen molar-refractivity contribution in [1.29, 1.82) is 0 Å². The molecule has 2 heterocycles. The number of amides is 1. The number of nitrogens with zero attached hydrogens (tertiary/aromatic N) is 2. The van der Waals surface area contributed by atoms with Crippen LogP contribution in [0, 0.1) is 6.92 Å². The average Bonchev–Trinajstić information content (AvgIpc) is 2.77. The van der Waals surface area contributed by atoms with Crippen LogP contribution < -0.4 is 14.8 Å². The molecule has 0 unspecified atom stereocenters. The summed E-state index contributed by atoms with van der Waals surface area (Å²) in [5.41, 5.74) is 1.09. The van der Waals surface area contributed by atoms with Crippen molar-refractivity contribution < 1.29 is 17.9 Å². The number of fused-ring (bicyclic) bond motifs is 1. The average molecular weight is 451 g/mol. The second-order valence-electron chi connectivity index (χ2n) is 8.87. The van der Waals surface area contributed by atoms with Gasteiger partial charge >= 0.3 is 0 Å². The fraction of sp³-hybridized carbons (Fsp3) is 0.682. The van der Waals surface area contributed by atoms with E-state index in [2.05, 4.69) is 19.8 Å². The number of rotatable bonds is 7. The lowest BCUT2D eigenvalue weighted by atomic mass is 9.94. The number of ether oxygens (including phenoxy) is 1. The first kappa shape index (κ1) is 22.5. The summed E-state index contributed by atoms with van der Waals surface area (Å²) < 4.78 is 33.7. The molecule has 1 aliphatic carbocycles. The molecule has 8 nitrogen and oxygen atoms in total. The number of nitrogens with one attached hydrogen (secondary N) is 2. The third kappa shape index (κ3) is 5.58. The summed E-state index contributed by atoms with van der Waals surface area (Å²) in [6, 6.07) is 3.92. The molecule has 4 rings (SSSR count). The van der Waals surface area contributed by atoms with Crippen LogP contribution in [0.4, 0.5) is 5.69 Å². The van der Waals surface area contributed by atoms with Gasteiger partial charge in [-0.2, -0.15) is 0 Å². The largest absolute Gasteiger partial charge is 0.482 e. The number of carbonyl (C=O) groups is 1. The third-order valence-corrected chi connectivity index (χ3v) is 8.24. The molecule has 0 atom stereocenters. The molecular weight excluding hydrogens is 416 g/mol. The first-order valence-electron chi connectivity index (χ1n) is 11.5. The van der Waals surface area contributed by atoms with Gasteiger partial charge in [-0.3, -0.25) is 9.69 Å². The molecule has 0 spiro atoms. The van der Waals surface area contributed by atoms with Gasteiger partial charge in [0.25, 0.3) is 5.91 Å². The van der Waals surface area contributed by atoms with E-state index in [-0.39, 0.29) is 17.4 Å². The second kappa shape index (κ2) is 9.85. The summed E-state index contributed by atoms with van der Waals surface area (Å²) in [6.07, 6.45) is 7.60. The lowest BCUT2D eigenvalue weighted by Gasteiger charge is -2.40. The second-order valence-corrected chi connectivity index (χ2v) is 10.6. The Morgan fingerprint density at radius 2 is 1.87 bits per heavy atom. The van der Waals surface area contributed by atoms with Crippen molar-refractivity contribution >= 4 is 21.6 Å². The van der Waals surface area contributed by atoms with Crippen LogP contribution in [0.15, 0.2) is 17.0 Å². The van der Waals surface area contributed by atoms with E-state index >= 15 is 0 Å². The number of carbonyl (C=O) groups excluding carboxylic acids is 1. The summed E-state index contributed by atoms with van der Waals surface area (Å²) >= 11 is 0. The Morgan fingerprint density at radius 1 is 1.13 bits per heavy atom. The van der Waals surface area contributed by atoms with Gasteiger partial charge in [0.1, 0.15) is 5.75 Å². The maximum absolute atomic E-state index is 12.8. The predicted octanol–water partition coefficient (Wildman–Crippen LogP) is 1.94. The predicted molar refractivity (Wildman–Crippen MR) is 120 cm³/mol. The highest BCUT2D eigenvalue weighted by molar-refractivity contribution is 7.89. The highest BCUT2D eigenvalue weighted by atomic mass is 32.2. The van der Waals surface area contributed by atoms with Gasteiger partial charge in [0, 0.05) is 44.8 Å². The van der Waals surface area contributed by atoms with Crippen LogP contribution in [0.5, 0.6) is 5.75 Å². The van der Waals surface area contributed by atoms with E-state index in [4.69, 9.17) is 4.74 Å². The fourth-order valence-corrected chi connectivity index (χ4v) is 6.20. The number of aryl methyl sites for hydroxylation is 1. The third-order valence-electron chi connectivity index (χ3n) is 6.64. The van der Waals surface area contributed by atoms with Crippen LogP contribution in [0.3, 0.4) is 0 Å². The molecule has 2 N–H and O–H groups in total. The Labute approximate surface area is 185 Å². The number of benzene rings is 1. The van der Waals surface area contributed by atoms with Gasteiger partial charge < -0.3 is 15.0 Å². The first-order chi connectivity index (χ1) is 14.9. The van der Waals surface area contributed by atoms with Crippen LogP contribution in [0.25, 0.3) is 0 Å². The highest BCUT2D eigenvalue weighted by Crippen LogP contribution is 2.32. The molecule has 1 aromatic rings. The molecule has 1 amide bonds. The SMILES string of the molecule is Cc1cc2c(cc1S(=O)(=O)NCCCN1CCN(C3CCCCC3)CC1)OCC(=O)N2. The van der Waals surface area contributed by atoms with E-state index < -0.39 is 10.0 Å². The van der Waals surface area contributed by atoms with Crippen LogP contribution >= 0.6 is 0 Å². The maximum Gasteiger partial charge on any atom is 0.262 e. The van der Waals surface area contributed by atoms with E-state index in [1.165, 1.54) is 38.2 Å². The standard InChI is InChI=1S/C22H34N4O4S/c1-17-14-19-20(30-16-22(27)24-19)15-21(17)31(28,29)23-8-5-9-25-10-12-26(13-11-25)18-6-3-2-4-7-18/h14-15,18,23H,2-13,16H2,1H3,(H,24,27). The Morgan fingerprint density at radius 3 is 2.61 bits per heavy atom. The summed E-state index contributed by atoms with van der Waals surface area (Å²) in [4.78, 5) is 16.7. The monoisotopic (exact) mass is 450 g/mol. The molecule has 0 radical (unpaired) electrons. The van der Waals surface area contributed by atoms with E-state index in [1.54, 1.807) is 13.0 Å². The van der Waals surface area contributed by atoms with Crippen LogP contribution in [0.1, 0.15) is 44.1 Å². The number of hydrogen-bond acceptors (Lipinski definition) is 6. The normalized spacial score (nSPS) is 21.4. The summed E-state index contributed by atoms with van der Waals surface area (Å²) in [5, 5.41) is 2.70. The topological polar surface area (TPSA) is 91.0 Å². The zero-order chi connectivity index (χ0) is 21.8. The van der Waals surface area contributed by atoms with Gasteiger partial charge in [0.05, 0.1) is 10.6 Å². The number of hydrogen-bond donors (Lipinski definition) is 2. The van der Waals surface area contributed by atoms with Crippen molar-refractivity contribution in [3.63, 3.8) is 0 Å². The lowest BCUT2D eigenvalue weighted by molar-refractivity contribution is -0.118. The van der Waals surface area contributed by atoms with Crippen molar-refractivity contribution in [2.24, 2.45) is 0 Å². The maximum atomic E-state index is 12.8. The minimum Gasteiger partial charge on any atom is -0.482 e. The number of sulfonamides is 1. The van der Waals surface area contributed by atoms with Gasteiger partial charge in [0.2, 0.25) is 10.0 Å². The smallest absolute Gasteiger partial charge is 0.262 e. The molecule has 3 aliphatic rings. The van der Waals surface area contributed by atoms with Crippen LogP contribution in [-0.2, 0) is 14.8 Å². The zero-order valence-electron chi connectivity index (χ0n) is 18.4. The fourth-order valence-electron chi connectivity index (χ4n) is 4.89. The first-order valence-corrected chi connectivity index (χ1v) is 12.9. The minimum absolute atomic E-state index is 0.100. The Bertz CT molecular complexity index is 891. The molecule has 172 valence electrons. The van der Waals surface area contributed by atoms with E-state index in [9.17, 15) is 13.2 Å².